The van der Waals surface area contributed by atoms with Gasteiger partial charge in [0.15, 0.2) is 5.96 Å². The zero-order valence-electron chi connectivity index (χ0n) is 11.3. The molecule has 1 fully saturated rings. The van der Waals surface area contributed by atoms with E-state index in [1.165, 1.54) is 32.1 Å². The highest BCUT2D eigenvalue weighted by atomic mass is 16.3. The van der Waals surface area contributed by atoms with E-state index in [2.05, 4.69) is 10.3 Å². The Labute approximate surface area is 114 Å². The smallest absolute Gasteiger partial charge is 0.188 e. The number of nitrogens with zero attached hydrogens (tertiary/aromatic N) is 1. The molecule has 0 heterocycles. The molecule has 0 radical (unpaired) electrons. The number of nitrogens with two attached hydrogens (primary N) is 1. The highest BCUT2D eigenvalue weighted by Gasteiger charge is 2.12. The second kappa shape index (κ2) is 7.02. The van der Waals surface area contributed by atoms with Crippen LogP contribution < -0.4 is 11.1 Å². The van der Waals surface area contributed by atoms with Crippen molar-refractivity contribution < 1.29 is 5.11 Å². The molecule has 0 spiro atoms. The van der Waals surface area contributed by atoms with E-state index >= 15 is 0 Å². The third-order valence-corrected chi connectivity index (χ3v) is 3.58. The standard InChI is InChI=1S/C15H23N3O/c16-15(18-13-4-2-1-3-5-13)17-11-10-12-6-8-14(19)9-7-12/h6-9,13,19H,1-5,10-11H2,(H3,16,17,18). The Morgan fingerprint density at radius 3 is 2.58 bits per heavy atom. The van der Waals surface area contributed by atoms with Gasteiger partial charge in [-0.2, -0.15) is 0 Å². The lowest BCUT2D eigenvalue weighted by Gasteiger charge is -2.23. The lowest BCUT2D eigenvalue weighted by atomic mass is 9.96. The maximum atomic E-state index is 9.20. The van der Waals surface area contributed by atoms with Crippen molar-refractivity contribution in [2.45, 2.75) is 44.6 Å². The van der Waals surface area contributed by atoms with Crippen LogP contribution in [0.15, 0.2) is 29.3 Å². The van der Waals surface area contributed by atoms with Crippen LogP contribution in [0.5, 0.6) is 5.75 Å². The van der Waals surface area contributed by atoms with Gasteiger partial charge in [-0.3, -0.25) is 4.99 Å². The number of aliphatic imine (C=N–C) groups is 1. The summed E-state index contributed by atoms with van der Waals surface area (Å²) in [6, 6.07) is 7.72. The zero-order chi connectivity index (χ0) is 13.5. The number of hydrogen-bond acceptors (Lipinski definition) is 2. The maximum absolute atomic E-state index is 9.20. The van der Waals surface area contributed by atoms with Gasteiger partial charge in [-0.25, -0.2) is 0 Å². The van der Waals surface area contributed by atoms with Crippen molar-refractivity contribution in [1.29, 1.82) is 0 Å². The molecule has 2 rings (SSSR count). The van der Waals surface area contributed by atoms with Crippen LogP contribution in [0, 0.1) is 0 Å². The SMILES string of the molecule is NC(=NCCc1ccc(O)cc1)NC1CCCCC1. The molecule has 0 atom stereocenters. The Morgan fingerprint density at radius 1 is 1.21 bits per heavy atom. The summed E-state index contributed by atoms with van der Waals surface area (Å²) in [5.41, 5.74) is 7.05. The Hall–Kier alpha value is -1.71. The number of phenolic OH excluding ortho intramolecular Hbond substituents is 1. The first-order valence-electron chi connectivity index (χ1n) is 7.08. The first-order valence-corrected chi connectivity index (χ1v) is 7.08. The Balaban J connectivity index is 1.73. The van der Waals surface area contributed by atoms with Crippen LogP contribution in [0.25, 0.3) is 0 Å². The quantitative estimate of drug-likeness (QED) is 0.574. The van der Waals surface area contributed by atoms with Gasteiger partial charge in [0.2, 0.25) is 0 Å². The van der Waals surface area contributed by atoms with Gasteiger partial charge in [0.25, 0.3) is 0 Å². The largest absolute Gasteiger partial charge is 0.508 e. The molecule has 0 unspecified atom stereocenters. The minimum absolute atomic E-state index is 0.297. The molecule has 1 aromatic carbocycles. The third kappa shape index (κ3) is 4.81. The summed E-state index contributed by atoms with van der Waals surface area (Å²) >= 11 is 0. The third-order valence-electron chi connectivity index (χ3n) is 3.58. The Morgan fingerprint density at radius 2 is 1.89 bits per heavy atom. The average molecular weight is 261 g/mol. The van der Waals surface area contributed by atoms with Crippen LogP contribution in [-0.4, -0.2) is 23.7 Å². The Kier molecular flexibility index (Phi) is 5.07. The molecule has 104 valence electrons. The van der Waals surface area contributed by atoms with E-state index in [9.17, 15) is 5.11 Å². The number of aromatic hydroxyl groups is 1. The second-order valence-electron chi connectivity index (χ2n) is 5.16. The topological polar surface area (TPSA) is 70.6 Å². The van der Waals surface area contributed by atoms with Gasteiger partial charge < -0.3 is 16.2 Å². The summed E-state index contributed by atoms with van der Waals surface area (Å²) in [5, 5.41) is 12.5. The zero-order valence-corrected chi connectivity index (χ0v) is 11.3. The van der Waals surface area contributed by atoms with Gasteiger partial charge in [0, 0.05) is 12.6 Å². The van der Waals surface area contributed by atoms with Crippen molar-refractivity contribution in [2.75, 3.05) is 6.54 Å². The fourth-order valence-electron chi connectivity index (χ4n) is 2.47. The van der Waals surface area contributed by atoms with Gasteiger partial charge in [-0.15, -0.1) is 0 Å². The fourth-order valence-corrected chi connectivity index (χ4v) is 2.47. The van der Waals surface area contributed by atoms with Gasteiger partial charge in [-0.1, -0.05) is 31.4 Å². The highest BCUT2D eigenvalue weighted by Crippen LogP contribution is 2.17. The molecule has 4 heteroatoms. The lowest BCUT2D eigenvalue weighted by molar-refractivity contribution is 0.412. The van der Waals surface area contributed by atoms with Crippen molar-refractivity contribution in [3.63, 3.8) is 0 Å². The molecule has 19 heavy (non-hydrogen) atoms. The molecule has 1 saturated carbocycles. The molecular weight excluding hydrogens is 238 g/mol. The summed E-state index contributed by atoms with van der Waals surface area (Å²) in [7, 11) is 0. The number of nitrogens with one attached hydrogen (secondary N) is 1. The number of phenols is 1. The van der Waals surface area contributed by atoms with Crippen LogP contribution in [0.1, 0.15) is 37.7 Å². The summed E-state index contributed by atoms with van der Waals surface area (Å²) in [5.74, 6) is 0.858. The molecule has 0 aliphatic heterocycles. The number of guanidine groups is 1. The first-order chi connectivity index (χ1) is 9.24. The molecule has 4 nitrogen and oxygen atoms in total. The number of benzene rings is 1. The number of hydrogen-bond donors (Lipinski definition) is 3. The van der Waals surface area contributed by atoms with Gasteiger partial charge in [0.05, 0.1) is 0 Å². The van der Waals surface area contributed by atoms with E-state index in [1.54, 1.807) is 12.1 Å². The minimum Gasteiger partial charge on any atom is -0.508 e. The Bertz CT molecular complexity index is 408. The first kappa shape index (κ1) is 13.7. The molecule has 0 bridgehead atoms. The summed E-state index contributed by atoms with van der Waals surface area (Å²) in [6.07, 6.45) is 7.17. The molecule has 4 N–H and O–H groups in total. The normalized spacial score (nSPS) is 17.4. The molecule has 0 saturated heterocycles. The minimum atomic E-state index is 0.297. The van der Waals surface area contributed by atoms with E-state index in [0.717, 1.165) is 12.0 Å². The average Bonchev–Trinajstić information content (AvgIpc) is 2.42. The second-order valence-corrected chi connectivity index (χ2v) is 5.16. The van der Waals surface area contributed by atoms with Crippen LogP contribution in [0.4, 0.5) is 0 Å². The van der Waals surface area contributed by atoms with E-state index < -0.39 is 0 Å². The van der Waals surface area contributed by atoms with Crippen molar-refractivity contribution in [3.8, 4) is 5.75 Å². The fraction of sp³-hybridized carbons (Fsp3) is 0.533. The number of rotatable bonds is 4. The van der Waals surface area contributed by atoms with E-state index in [-0.39, 0.29) is 0 Å². The van der Waals surface area contributed by atoms with E-state index in [4.69, 9.17) is 5.73 Å². The summed E-state index contributed by atoms with van der Waals surface area (Å²) in [6.45, 7) is 0.677. The van der Waals surface area contributed by atoms with Gasteiger partial charge in [0.1, 0.15) is 5.75 Å². The molecule has 1 aliphatic carbocycles. The van der Waals surface area contributed by atoms with Crippen LogP contribution in [-0.2, 0) is 6.42 Å². The molecule has 1 aromatic rings. The van der Waals surface area contributed by atoms with Crippen molar-refractivity contribution in [2.24, 2.45) is 10.7 Å². The molecule has 0 amide bonds. The highest BCUT2D eigenvalue weighted by molar-refractivity contribution is 5.78. The monoisotopic (exact) mass is 261 g/mol. The van der Waals surface area contributed by atoms with Crippen LogP contribution in [0.3, 0.4) is 0 Å². The predicted octanol–water partition coefficient (Wildman–Crippen LogP) is 2.17. The summed E-state index contributed by atoms with van der Waals surface area (Å²) < 4.78 is 0. The lowest BCUT2D eigenvalue weighted by Crippen LogP contribution is -2.41. The van der Waals surface area contributed by atoms with Crippen molar-refractivity contribution in [3.05, 3.63) is 29.8 Å². The van der Waals surface area contributed by atoms with E-state index in [1.807, 2.05) is 12.1 Å². The molecule has 1 aliphatic rings. The summed E-state index contributed by atoms with van der Waals surface area (Å²) in [4.78, 5) is 4.36. The predicted molar refractivity (Wildman–Crippen MR) is 78.3 cm³/mol. The molecular formula is C15H23N3O. The van der Waals surface area contributed by atoms with Gasteiger partial charge in [-0.05, 0) is 37.0 Å². The van der Waals surface area contributed by atoms with Crippen molar-refractivity contribution >= 4 is 5.96 Å². The van der Waals surface area contributed by atoms with Crippen LogP contribution >= 0.6 is 0 Å². The van der Waals surface area contributed by atoms with E-state index in [0.29, 0.717) is 24.3 Å². The maximum Gasteiger partial charge on any atom is 0.188 e. The van der Waals surface area contributed by atoms with Crippen molar-refractivity contribution in [1.82, 2.24) is 5.32 Å². The van der Waals surface area contributed by atoms with Gasteiger partial charge >= 0.3 is 0 Å². The van der Waals surface area contributed by atoms with Crippen LogP contribution in [0.2, 0.25) is 0 Å². The molecule has 0 aromatic heterocycles.